The van der Waals surface area contributed by atoms with Crippen molar-refractivity contribution in [2.24, 2.45) is 0 Å². The van der Waals surface area contributed by atoms with Crippen molar-refractivity contribution in [2.75, 3.05) is 20.8 Å². The number of nitrogens with one attached hydrogen (secondary N) is 3. The summed E-state index contributed by atoms with van der Waals surface area (Å²) in [4.78, 5) is 36.8. The minimum atomic E-state index is -0.583. The highest BCUT2D eigenvalue weighted by Crippen LogP contribution is 2.27. The van der Waals surface area contributed by atoms with Gasteiger partial charge in [-0.2, -0.15) is 0 Å². The predicted molar refractivity (Wildman–Crippen MR) is 113 cm³/mol. The van der Waals surface area contributed by atoms with Gasteiger partial charge in [0, 0.05) is 18.0 Å². The van der Waals surface area contributed by atoms with Gasteiger partial charge in [0.25, 0.3) is 17.7 Å². The van der Waals surface area contributed by atoms with E-state index in [4.69, 9.17) is 9.47 Å². The zero-order valence-electron chi connectivity index (χ0n) is 17.0. The molecule has 0 unspecified atom stereocenters. The van der Waals surface area contributed by atoms with Crippen molar-refractivity contribution in [3.63, 3.8) is 0 Å². The molecule has 0 aliphatic heterocycles. The van der Waals surface area contributed by atoms with Gasteiger partial charge in [-0.05, 0) is 42.5 Å². The Hall–Kier alpha value is -4.27. The third-order valence-corrected chi connectivity index (χ3v) is 4.40. The number of carbonyl (C=O) groups is 3. The van der Waals surface area contributed by atoms with Crippen molar-refractivity contribution >= 4 is 17.7 Å². The summed E-state index contributed by atoms with van der Waals surface area (Å²) in [5, 5.41) is 2.48. The normalized spacial score (nSPS) is 10.1. The second-order valence-electron chi connectivity index (χ2n) is 6.36. The van der Waals surface area contributed by atoms with Gasteiger partial charge >= 0.3 is 0 Å². The lowest BCUT2D eigenvalue weighted by atomic mass is 10.1. The molecule has 9 heteroatoms. The van der Waals surface area contributed by atoms with Gasteiger partial charge in [-0.3, -0.25) is 25.2 Å². The Morgan fingerprint density at radius 3 is 2.26 bits per heavy atom. The molecule has 31 heavy (non-hydrogen) atoms. The van der Waals surface area contributed by atoms with Crippen molar-refractivity contribution in [2.45, 2.75) is 0 Å². The van der Waals surface area contributed by atoms with Crippen LogP contribution in [0.5, 0.6) is 11.5 Å². The lowest BCUT2D eigenvalue weighted by Gasteiger charge is -2.12. The van der Waals surface area contributed by atoms with Crippen LogP contribution in [0.1, 0.15) is 20.7 Å². The topological polar surface area (TPSA) is 111 Å². The van der Waals surface area contributed by atoms with Gasteiger partial charge in [0.2, 0.25) is 0 Å². The van der Waals surface area contributed by atoms with Crippen molar-refractivity contribution in [1.29, 1.82) is 0 Å². The SMILES string of the molecule is COc1ccc(C(=O)NCC(=O)NNC(=O)c2ccccc2-n2cccc2)cc1OC. The van der Waals surface area contributed by atoms with E-state index < -0.39 is 17.7 Å². The van der Waals surface area contributed by atoms with Crippen molar-refractivity contribution in [3.05, 3.63) is 78.1 Å². The molecule has 0 saturated heterocycles. The fourth-order valence-corrected chi connectivity index (χ4v) is 2.86. The molecule has 0 saturated carbocycles. The van der Waals surface area contributed by atoms with Gasteiger partial charge in [0.05, 0.1) is 32.0 Å². The number of benzene rings is 2. The first-order chi connectivity index (χ1) is 15.0. The summed E-state index contributed by atoms with van der Waals surface area (Å²) in [6, 6.07) is 15.3. The van der Waals surface area contributed by atoms with E-state index in [1.54, 1.807) is 34.9 Å². The van der Waals surface area contributed by atoms with Crippen LogP contribution in [-0.2, 0) is 4.79 Å². The van der Waals surface area contributed by atoms with Crippen LogP contribution in [0.4, 0.5) is 0 Å². The molecule has 160 valence electrons. The number of aromatic nitrogens is 1. The second-order valence-corrected chi connectivity index (χ2v) is 6.36. The average molecular weight is 422 g/mol. The van der Waals surface area contributed by atoms with Crippen LogP contribution in [0, 0.1) is 0 Å². The van der Waals surface area contributed by atoms with Crippen LogP contribution in [0.15, 0.2) is 67.0 Å². The molecule has 0 bridgehead atoms. The first kappa shape index (κ1) is 21.4. The van der Waals surface area contributed by atoms with E-state index in [2.05, 4.69) is 16.2 Å². The van der Waals surface area contributed by atoms with Crippen molar-refractivity contribution in [1.82, 2.24) is 20.7 Å². The number of amides is 3. The first-order valence-electron chi connectivity index (χ1n) is 9.35. The molecule has 1 heterocycles. The largest absolute Gasteiger partial charge is 0.493 e. The summed E-state index contributed by atoms with van der Waals surface area (Å²) in [5.41, 5.74) is 6.00. The summed E-state index contributed by atoms with van der Waals surface area (Å²) >= 11 is 0. The molecule has 0 aliphatic rings. The van der Waals surface area contributed by atoms with Crippen LogP contribution < -0.4 is 25.6 Å². The second kappa shape index (κ2) is 9.97. The predicted octanol–water partition coefficient (Wildman–Crippen LogP) is 1.69. The standard InChI is InChI=1S/C22H22N4O5/c1-30-18-10-9-15(13-19(18)31-2)21(28)23-14-20(27)24-25-22(29)16-7-3-4-8-17(16)26-11-5-6-12-26/h3-13H,14H2,1-2H3,(H,23,28)(H,24,27)(H,25,29). The van der Waals surface area contributed by atoms with Crippen LogP contribution in [-0.4, -0.2) is 43.1 Å². The number of rotatable bonds is 7. The van der Waals surface area contributed by atoms with E-state index in [9.17, 15) is 14.4 Å². The Morgan fingerprint density at radius 2 is 1.55 bits per heavy atom. The van der Waals surface area contributed by atoms with E-state index in [-0.39, 0.29) is 6.54 Å². The molecule has 3 rings (SSSR count). The number of nitrogens with zero attached hydrogens (tertiary/aromatic N) is 1. The van der Waals surface area contributed by atoms with E-state index in [1.165, 1.54) is 20.3 Å². The van der Waals surface area contributed by atoms with Gasteiger partial charge in [0.15, 0.2) is 11.5 Å². The average Bonchev–Trinajstić information content (AvgIpc) is 3.35. The molecule has 2 aromatic carbocycles. The molecule has 3 aromatic rings. The van der Waals surface area contributed by atoms with Gasteiger partial charge in [0.1, 0.15) is 0 Å². The summed E-state index contributed by atoms with van der Waals surface area (Å²) in [6.45, 7) is -0.327. The summed E-state index contributed by atoms with van der Waals surface area (Å²) in [6.07, 6.45) is 3.63. The number of methoxy groups -OCH3 is 2. The van der Waals surface area contributed by atoms with Crippen molar-refractivity contribution in [3.8, 4) is 17.2 Å². The van der Waals surface area contributed by atoms with Crippen LogP contribution in [0.3, 0.4) is 0 Å². The molecular formula is C22H22N4O5. The zero-order valence-corrected chi connectivity index (χ0v) is 17.0. The third-order valence-electron chi connectivity index (χ3n) is 4.40. The Labute approximate surface area is 178 Å². The molecule has 0 atom stereocenters. The number of hydrogen-bond acceptors (Lipinski definition) is 5. The van der Waals surface area contributed by atoms with E-state index in [0.717, 1.165) is 0 Å². The highest BCUT2D eigenvalue weighted by atomic mass is 16.5. The minimum absolute atomic E-state index is 0.301. The van der Waals surface area contributed by atoms with Crippen LogP contribution in [0.2, 0.25) is 0 Å². The van der Waals surface area contributed by atoms with Crippen molar-refractivity contribution < 1.29 is 23.9 Å². The maximum absolute atomic E-state index is 12.5. The third kappa shape index (κ3) is 5.21. The first-order valence-corrected chi connectivity index (χ1v) is 9.35. The molecule has 3 amide bonds. The highest BCUT2D eigenvalue weighted by molar-refractivity contribution is 6.00. The molecular weight excluding hydrogens is 400 g/mol. The van der Waals surface area contributed by atoms with Crippen LogP contribution in [0.25, 0.3) is 5.69 Å². The monoisotopic (exact) mass is 422 g/mol. The fraction of sp³-hybridized carbons (Fsp3) is 0.136. The summed E-state index contributed by atoms with van der Waals surface area (Å²) in [5.74, 6) is -0.655. The number of hydrogen-bond donors (Lipinski definition) is 3. The zero-order chi connectivity index (χ0) is 22.2. The molecule has 0 radical (unpaired) electrons. The van der Waals surface area contributed by atoms with Gasteiger partial charge in [-0.15, -0.1) is 0 Å². The quantitative estimate of drug-likeness (QED) is 0.502. The molecule has 3 N–H and O–H groups in total. The number of carbonyl (C=O) groups excluding carboxylic acids is 3. The fourth-order valence-electron chi connectivity index (χ4n) is 2.86. The summed E-state index contributed by atoms with van der Waals surface area (Å²) < 4.78 is 12.1. The molecule has 1 aromatic heterocycles. The van der Waals surface area contributed by atoms with Gasteiger partial charge in [-0.25, -0.2) is 0 Å². The molecule has 0 aliphatic carbocycles. The van der Waals surface area contributed by atoms with E-state index in [1.807, 2.05) is 30.6 Å². The molecule has 9 nitrogen and oxygen atoms in total. The van der Waals surface area contributed by atoms with E-state index >= 15 is 0 Å². The number of ether oxygens (including phenoxy) is 2. The highest BCUT2D eigenvalue weighted by Gasteiger charge is 2.14. The summed E-state index contributed by atoms with van der Waals surface area (Å²) in [7, 11) is 2.96. The maximum Gasteiger partial charge on any atom is 0.271 e. The Balaban J connectivity index is 1.54. The maximum atomic E-state index is 12.5. The Bertz CT molecular complexity index is 1080. The Morgan fingerprint density at radius 1 is 0.839 bits per heavy atom. The molecule has 0 spiro atoms. The van der Waals surface area contributed by atoms with Gasteiger partial charge < -0.3 is 19.4 Å². The van der Waals surface area contributed by atoms with E-state index in [0.29, 0.717) is 28.3 Å². The minimum Gasteiger partial charge on any atom is -0.493 e. The molecule has 0 fully saturated rings. The van der Waals surface area contributed by atoms with Crippen LogP contribution >= 0.6 is 0 Å². The smallest absolute Gasteiger partial charge is 0.271 e. The lowest BCUT2D eigenvalue weighted by Crippen LogP contribution is -2.46. The Kier molecular flexibility index (Phi) is 6.89. The lowest BCUT2D eigenvalue weighted by molar-refractivity contribution is -0.120. The number of para-hydroxylation sites is 1. The number of hydrazine groups is 1. The van der Waals surface area contributed by atoms with Gasteiger partial charge in [-0.1, -0.05) is 12.1 Å².